The number of halogens is 1. The number of pyridine rings is 1. The van der Waals surface area contributed by atoms with E-state index in [-0.39, 0.29) is 5.41 Å². The first-order valence-corrected chi connectivity index (χ1v) is 4.70. The molecule has 0 fully saturated rings. The Labute approximate surface area is 81.4 Å². The zero-order valence-corrected chi connectivity index (χ0v) is 9.21. The van der Waals surface area contributed by atoms with Crippen LogP contribution in [0.2, 0.25) is 0 Å². The van der Waals surface area contributed by atoms with Crippen LogP contribution in [0.1, 0.15) is 26.5 Å². The first-order chi connectivity index (χ1) is 5.00. The van der Waals surface area contributed by atoms with E-state index in [0.717, 1.165) is 5.69 Å². The summed E-state index contributed by atoms with van der Waals surface area (Å²) in [5.41, 5.74) is 1.32. The van der Waals surface area contributed by atoms with Gasteiger partial charge in [0.15, 0.2) is 0 Å². The largest absolute Gasteiger partial charge is 0.261 e. The van der Waals surface area contributed by atoms with Crippen LogP contribution in [-0.2, 0) is 5.41 Å². The minimum absolute atomic E-state index is 0.168. The maximum Gasteiger partial charge on any atom is 0.0467 e. The average molecular weight is 261 g/mol. The van der Waals surface area contributed by atoms with Crippen molar-refractivity contribution >= 4 is 22.6 Å². The molecule has 1 rings (SSSR count). The smallest absolute Gasteiger partial charge is 0.0467 e. The lowest BCUT2D eigenvalue weighted by molar-refractivity contribution is 0.568. The van der Waals surface area contributed by atoms with Gasteiger partial charge in [-0.2, -0.15) is 0 Å². The van der Waals surface area contributed by atoms with Gasteiger partial charge in [-0.3, -0.25) is 4.98 Å². The summed E-state index contributed by atoms with van der Waals surface area (Å²) in [4.78, 5) is 4.31. The van der Waals surface area contributed by atoms with Crippen molar-refractivity contribution in [1.82, 2.24) is 4.98 Å². The third-order valence-electron chi connectivity index (χ3n) is 1.49. The topological polar surface area (TPSA) is 12.9 Å². The van der Waals surface area contributed by atoms with Gasteiger partial charge in [0.25, 0.3) is 0 Å². The molecule has 0 radical (unpaired) electrons. The zero-order chi connectivity index (χ0) is 8.48. The lowest BCUT2D eigenvalue weighted by Crippen LogP contribution is -2.13. The zero-order valence-electron chi connectivity index (χ0n) is 7.06. The summed E-state index contributed by atoms with van der Waals surface area (Å²) >= 11 is 2.31. The third kappa shape index (κ3) is 2.43. The Bertz CT molecular complexity index is 250. The minimum atomic E-state index is 0.168. The lowest BCUT2D eigenvalue weighted by Gasteiger charge is -2.17. The Hall–Kier alpha value is -0.120. The van der Waals surface area contributed by atoms with Crippen LogP contribution in [0.5, 0.6) is 0 Å². The summed E-state index contributed by atoms with van der Waals surface area (Å²) in [5.74, 6) is 0. The van der Waals surface area contributed by atoms with E-state index in [1.165, 1.54) is 3.57 Å². The molecule has 0 bridgehead atoms. The summed E-state index contributed by atoms with van der Waals surface area (Å²) in [6.45, 7) is 6.52. The Kier molecular flexibility index (Phi) is 2.52. The fraction of sp³-hybridized carbons (Fsp3) is 0.444. The normalized spacial score (nSPS) is 11.6. The van der Waals surface area contributed by atoms with Gasteiger partial charge in [0.2, 0.25) is 0 Å². The second-order valence-electron chi connectivity index (χ2n) is 3.61. The molecule has 1 aromatic heterocycles. The summed E-state index contributed by atoms with van der Waals surface area (Å²) in [5, 5.41) is 0. The average Bonchev–Trinajstić information content (AvgIpc) is 1.86. The second-order valence-corrected chi connectivity index (χ2v) is 4.85. The van der Waals surface area contributed by atoms with Crippen LogP contribution >= 0.6 is 22.6 Å². The molecule has 0 saturated heterocycles. The van der Waals surface area contributed by atoms with Crippen molar-refractivity contribution in [2.75, 3.05) is 0 Å². The molecule has 0 atom stereocenters. The van der Waals surface area contributed by atoms with E-state index in [4.69, 9.17) is 0 Å². The van der Waals surface area contributed by atoms with Crippen LogP contribution < -0.4 is 0 Å². The number of hydrogen-bond acceptors (Lipinski definition) is 1. The van der Waals surface area contributed by atoms with Crippen LogP contribution in [0.3, 0.4) is 0 Å². The molecule has 60 valence electrons. The Morgan fingerprint density at radius 1 is 1.36 bits per heavy atom. The molecule has 0 unspecified atom stereocenters. The molecule has 0 aliphatic rings. The van der Waals surface area contributed by atoms with E-state index in [1.54, 1.807) is 0 Å². The number of hydrogen-bond donors (Lipinski definition) is 0. The lowest BCUT2D eigenvalue weighted by atomic mass is 9.92. The molecule has 0 N–H and O–H groups in total. The Morgan fingerprint density at radius 2 is 2.00 bits per heavy atom. The van der Waals surface area contributed by atoms with Crippen molar-refractivity contribution in [2.24, 2.45) is 0 Å². The molecule has 1 nitrogen and oxygen atoms in total. The van der Waals surface area contributed by atoms with Gasteiger partial charge in [0, 0.05) is 20.9 Å². The Balaban J connectivity index is 3.06. The van der Waals surface area contributed by atoms with Gasteiger partial charge in [0.1, 0.15) is 0 Å². The maximum absolute atomic E-state index is 4.31. The van der Waals surface area contributed by atoms with E-state index in [2.05, 4.69) is 54.4 Å². The third-order valence-corrected chi connectivity index (χ3v) is 2.16. The van der Waals surface area contributed by atoms with Gasteiger partial charge in [-0.25, -0.2) is 0 Å². The monoisotopic (exact) mass is 261 g/mol. The van der Waals surface area contributed by atoms with Gasteiger partial charge in [-0.05, 0) is 34.7 Å². The van der Waals surface area contributed by atoms with Crippen LogP contribution in [0.25, 0.3) is 0 Å². The first-order valence-electron chi connectivity index (χ1n) is 3.62. The van der Waals surface area contributed by atoms with Crippen molar-refractivity contribution in [1.29, 1.82) is 0 Å². The van der Waals surface area contributed by atoms with E-state index in [0.29, 0.717) is 0 Å². The molecule has 0 aliphatic carbocycles. The molecule has 11 heavy (non-hydrogen) atoms. The van der Waals surface area contributed by atoms with Crippen molar-refractivity contribution in [2.45, 2.75) is 26.2 Å². The van der Waals surface area contributed by atoms with Crippen LogP contribution in [0.4, 0.5) is 0 Å². The van der Waals surface area contributed by atoms with Gasteiger partial charge in [-0.1, -0.05) is 20.8 Å². The van der Waals surface area contributed by atoms with E-state index in [1.807, 2.05) is 12.3 Å². The minimum Gasteiger partial charge on any atom is -0.261 e. The summed E-state index contributed by atoms with van der Waals surface area (Å²) < 4.78 is 1.25. The highest BCUT2D eigenvalue weighted by Gasteiger charge is 2.14. The van der Waals surface area contributed by atoms with Gasteiger partial charge in [0.05, 0.1) is 0 Å². The standard InChI is InChI=1S/C9H12IN/c1-9(2,3)8-6-7(10)4-5-11-8/h4-6H,1-3H3. The van der Waals surface area contributed by atoms with Crippen LogP contribution in [0.15, 0.2) is 18.3 Å². The number of nitrogens with zero attached hydrogens (tertiary/aromatic N) is 1. The summed E-state index contributed by atoms with van der Waals surface area (Å²) in [6, 6.07) is 4.14. The molecule has 0 amide bonds. The van der Waals surface area contributed by atoms with Gasteiger partial charge in [-0.15, -0.1) is 0 Å². The molecule has 0 aliphatic heterocycles. The predicted molar refractivity (Wildman–Crippen MR) is 55.7 cm³/mol. The Morgan fingerprint density at radius 3 is 2.36 bits per heavy atom. The molecular weight excluding hydrogens is 249 g/mol. The quantitative estimate of drug-likeness (QED) is 0.654. The highest BCUT2D eigenvalue weighted by molar-refractivity contribution is 14.1. The number of aromatic nitrogens is 1. The van der Waals surface area contributed by atoms with Crippen LogP contribution in [0, 0.1) is 3.57 Å². The van der Waals surface area contributed by atoms with Crippen LogP contribution in [-0.4, -0.2) is 4.98 Å². The second kappa shape index (κ2) is 3.09. The first kappa shape index (κ1) is 8.97. The van der Waals surface area contributed by atoms with Gasteiger partial charge < -0.3 is 0 Å². The fourth-order valence-electron chi connectivity index (χ4n) is 0.815. The molecule has 1 aromatic rings. The molecular formula is C9H12IN. The molecule has 0 spiro atoms. The summed E-state index contributed by atoms with van der Waals surface area (Å²) in [7, 11) is 0. The van der Waals surface area contributed by atoms with E-state index < -0.39 is 0 Å². The predicted octanol–water partition coefficient (Wildman–Crippen LogP) is 2.98. The van der Waals surface area contributed by atoms with Crippen molar-refractivity contribution in [3.63, 3.8) is 0 Å². The molecule has 1 heterocycles. The van der Waals surface area contributed by atoms with E-state index in [9.17, 15) is 0 Å². The SMILES string of the molecule is CC(C)(C)c1cc(I)ccn1. The fourth-order valence-corrected chi connectivity index (χ4v) is 1.27. The molecule has 2 heteroatoms. The summed E-state index contributed by atoms with van der Waals surface area (Å²) in [6.07, 6.45) is 1.86. The highest BCUT2D eigenvalue weighted by Crippen LogP contribution is 2.20. The number of rotatable bonds is 0. The van der Waals surface area contributed by atoms with Crippen molar-refractivity contribution < 1.29 is 0 Å². The highest BCUT2D eigenvalue weighted by atomic mass is 127. The van der Waals surface area contributed by atoms with Crippen molar-refractivity contribution in [3.05, 3.63) is 27.6 Å². The van der Waals surface area contributed by atoms with Crippen molar-refractivity contribution in [3.8, 4) is 0 Å². The maximum atomic E-state index is 4.31. The molecule has 0 aromatic carbocycles. The van der Waals surface area contributed by atoms with E-state index >= 15 is 0 Å². The molecule has 0 saturated carbocycles. The van der Waals surface area contributed by atoms with Gasteiger partial charge >= 0.3 is 0 Å².